The van der Waals surface area contributed by atoms with Crippen LogP contribution >= 0.6 is 23.2 Å². The van der Waals surface area contributed by atoms with E-state index in [0.717, 1.165) is 16.9 Å². The number of carbonyl (C=O) groups is 1. The Morgan fingerprint density at radius 2 is 1.70 bits per heavy atom. The molecule has 0 saturated heterocycles. The minimum absolute atomic E-state index is 0.0748. The average molecular weight is 351 g/mol. The predicted octanol–water partition coefficient (Wildman–Crippen LogP) is 5.84. The van der Waals surface area contributed by atoms with E-state index in [2.05, 4.69) is 20.8 Å². The van der Waals surface area contributed by atoms with Gasteiger partial charge >= 0.3 is 0 Å². The molecule has 0 unspecified atom stereocenters. The molecular formula is C19H20Cl2O2. The number of hydrogen-bond donors (Lipinski definition) is 0. The smallest absolute Gasteiger partial charge is 0.193 e. The second-order valence-corrected chi connectivity index (χ2v) is 7.39. The number of benzene rings is 2. The number of ketones is 1. The van der Waals surface area contributed by atoms with Crippen LogP contribution in [0, 0.1) is 6.92 Å². The number of halogens is 2. The number of hydrogen-bond acceptors (Lipinski definition) is 2. The Morgan fingerprint density at radius 1 is 1.04 bits per heavy atom. The summed E-state index contributed by atoms with van der Waals surface area (Å²) >= 11 is 12.0. The molecule has 0 bridgehead atoms. The van der Waals surface area contributed by atoms with E-state index in [4.69, 9.17) is 27.9 Å². The maximum absolute atomic E-state index is 12.9. The lowest BCUT2D eigenvalue weighted by Gasteiger charge is -2.23. The van der Waals surface area contributed by atoms with Crippen LogP contribution in [0.25, 0.3) is 0 Å². The maximum atomic E-state index is 12.9. The van der Waals surface area contributed by atoms with E-state index in [1.807, 2.05) is 19.1 Å². The molecule has 0 aromatic heterocycles. The molecule has 0 fully saturated rings. The van der Waals surface area contributed by atoms with Crippen molar-refractivity contribution in [2.75, 3.05) is 7.11 Å². The fourth-order valence-electron chi connectivity index (χ4n) is 2.47. The Bertz CT molecular complexity index is 759. The van der Waals surface area contributed by atoms with Gasteiger partial charge in [-0.05, 0) is 48.2 Å². The van der Waals surface area contributed by atoms with Gasteiger partial charge in [0, 0.05) is 16.7 Å². The summed E-state index contributed by atoms with van der Waals surface area (Å²) in [6.45, 7) is 8.18. The summed E-state index contributed by atoms with van der Waals surface area (Å²) in [5, 5.41) is 0.810. The second-order valence-electron chi connectivity index (χ2n) is 6.58. The Labute approximate surface area is 147 Å². The number of rotatable bonds is 3. The molecule has 0 saturated carbocycles. The van der Waals surface area contributed by atoms with Crippen LogP contribution in [0.1, 0.15) is 47.8 Å². The van der Waals surface area contributed by atoms with Gasteiger partial charge in [0.1, 0.15) is 5.75 Å². The topological polar surface area (TPSA) is 26.3 Å². The van der Waals surface area contributed by atoms with Gasteiger partial charge in [0.15, 0.2) is 5.78 Å². The standard InChI is InChI=1S/C19H20Cl2O2/c1-11-8-17(23-5)14(19(2,3)4)10-13(11)18(22)12-6-7-15(20)16(21)9-12/h6-10H,1-5H3. The van der Waals surface area contributed by atoms with Crippen LogP contribution in [0.3, 0.4) is 0 Å². The molecule has 0 amide bonds. The van der Waals surface area contributed by atoms with Gasteiger partial charge in [-0.1, -0.05) is 44.0 Å². The van der Waals surface area contributed by atoms with Crippen LogP contribution in [0.15, 0.2) is 30.3 Å². The van der Waals surface area contributed by atoms with Crippen molar-refractivity contribution in [2.24, 2.45) is 0 Å². The molecule has 0 heterocycles. The highest BCUT2D eigenvalue weighted by atomic mass is 35.5. The first-order valence-corrected chi connectivity index (χ1v) is 8.09. The summed E-state index contributed by atoms with van der Waals surface area (Å²) in [7, 11) is 1.64. The predicted molar refractivity (Wildman–Crippen MR) is 96.3 cm³/mol. The fraction of sp³-hybridized carbons (Fsp3) is 0.316. The summed E-state index contributed by atoms with van der Waals surface area (Å²) in [4.78, 5) is 12.9. The highest BCUT2D eigenvalue weighted by Crippen LogP contribution is 2.34. The number of aryl methyl sites for hydroxylation is 1. The largest absolute Gasteiger partial charge is 0.496 e. The molecule has 2 aromatic rings. The molecule has 0 spiro atoms. The molecule has 2 rings (SSSR count). The van der Waals surface area contributed by atoms with E-state index in [9.17, 15) is 4.79 Å². The third-order valence-corrected chi connectivity index (χ3v) is 4.52. The second kappa shape index (κ2) is 6.54. The van der Waals surface area contributed by atoms with Crippen molar-refractivity contribution in [1.82, 2.24) is 0 Å². The van der Waals surface area contributed by atoms with E-state index < -0.39 is 0 Å². The third-order valence-electron chi connectivity index (χ3n) is 3.78. The molecule has 122 valence electrons. The lowest BCUT2D eigenvalue weighted by atomic mass is 9.83. The quantitative estimate of drug-likeness (QED) is 0.650. The highest BCUT2D eigenvalue weighted by Gasteiger charge is 2.23. The highest BCUT2D eigenvalue weighted by molar-refractivity contribution is 6.42. The van der Waals surface area contributed by atoms with Crippen LogP contribution in [-0.4, -0.2) is 12.9 Å². The van der Waals surface area contributed by atoms with E-state index in [0.29, 0.717) is 21.2 Å². The summed E-state index contributed by atoms with van der Waals surface area (Å²) in [6.07, 6.45) is 0. The van der Waals surface area contributed by atoms with Crippen LogP contribution in [0.4, 0.5) is 0 Å². The average Bonchev–Trinajstić information content (AvgIpc) is 2.47. The normalized spacial score (nSPS) is 11.4. The lowest BCUT2D eigenvalue weighted by molar-refractivity contribution is 0.103. The van der Waals surface area contributed by atoms with Crippen molar-refractivity contribution in [3.8, 4) is 5.75 Å². The zero-order valence-electron chi connectivity index (χ0n) is 14.0. The SMILES string of the molecule is COc1cc(C)c(C(=O)c2ccc(Cl)c(Cl)c2)cc1C(C)(C)C. The van der Waals surface area contributed by atoms with Crippen molar-refractivity contribution >= 4 is 29.0 Å². The van der Waals surface area contributed by atoms with Gasteiger partial charge in [0.05, 0.1) is 17.2 Å². The zero-order chi connectivity index (χ0) is 17.4. The van der Waals surface area contributed by atoms with Crippen LogP contribution in [0.2, 0.25) is 10.0 Å². The Balaban J connectivity index is 2.58. The zero-order valence-corrected chi connectivity index (χ0v) is 15.5. The van der Waals surface area contributed by atoms with Gasteiger partial charge in [-0.2, -0.15) is 0 Å². The first-order chi connectivity index (χ1) is 10.6. The lowest BCUT2D eigenvalue weighted by Crippen LogP contribution is -2.15. The van der Waals surface area contributed by atoms with Crippen LogP contribution in [0.5, 0.6) is 5.75 Å². The van der Waals surface area contributed by atoms with Gasteiger partial charge in [-0.3, -0.25) is 4.79 Å². The van der Waals surface area contributed by atoms with Crippen molar-refractivity contribution in [1.29, 1.82) is 0 Å². The van der Waals surface area contributed by atoms with Gasteiger partial charge in [0.25, 0.3) is 0 Å². The van der Waals surface area contributed by atoms with Crippen LogP contribution < -0.4 is 4.74 Å². The molecule has 23 heavy (non-hydrogen) atoms. The Morgan fingerprint density at radius 3 is 2.22 bits per heavy atom. The molecular weight excluding hydrogens is 331 g/mol. The third kappa shape index (κ3) is 3.70. The van der Waals surface area contributed by atoms with Gasteiger partial charge in [-0.15, -0.1) is 0 Å². The molecule has 2 aromatic carbocycles. The van der Waals surface area contributed by atoms with Crippen molar-refractivity contribution in [2.45, 2.75) is 33.1 Å². The van der Waals surface area contributed by atoms with E-state index in [-0.39, 0.29) is 11.2 Å². The Hall–Kier alpha value is -1.51. The maximum Gasteiger partial charge on any atom is 0.193 e. The fourth-order valence-corrected chi connectivity index (χ4v) is 2.77. The monoisotopic (exact) mass is 350 g/mol. The molecule has 4 heteroatoms. The summed E-state index contributed by atoms with van der Waals surface area (Å²) in [5.74, 6) is 0.718. The van der Waals surface area contributed by atoms with E-state index in [1.54, 1.807) is 25.3 Å². The molecule has 0 N–H and O–H groups in total. The van der Waals surface area contributed by atoms with Gasteiger partial charge in [0.2, 0.25) is 0 Å². The number of ether oxygens (including phenoxy) is 1. The first kappa shape index (κ1) is 17.8. The van der Waals surface area contributed by atoms with E-state index in [1.165, 1.54) is 0 Å². The van der Waals surface area contributed by atoms with Crippen molar-refractivity contribution < 1.29 is 9.53 Å². The van der Waals surface area contributed by atoms with Crippen molar-refractivity contribution in [3.05, 3.63) is 62.6 Å². The van der Waals surface area contributed by atoms with E-state index >= 15 is 0 Å². The number of carbonyl (C=O) groups excluding carboxylic acids is 1. The molecule has 0 radical (unpaired) electrons. The van der Waals surface area contributed by atoms with Crippen LogP contribution in [-0.2, 0) is 5.41 Å². The molecule has 0 aliphatic heterocycles. The summed E-state index contributed by atoms with van der Waals surface area (Å²) in [5.41, 5.74) is 2.90. The summed E-state index contributed by atoms with van der Waals surface area (Å²) in [6, 6.07) is 8.76. The molecule has 0 atom stereocenters. The minimum atomic E-state index is -0.133. The number of methoxy groups -OCH3 is 1. The minimum Gasteiger partial charge on any atom is -0.496 e. The first-order valence-electron chi connectivity index (χ1n) is 7.34. The Kier molecular flexibility index (Phi) is 5.07. The molecule has 0 aliphatic rings. The molecule has 2 nitrogen and oxygen atoms in total. The molecule has 0 aliphatic carbocycles. The summed E-state index contributed by atoms with van der Waals surface area (Å²) < 4.78 is 5.48. The van der Waals surface area contributed by atoms with Crippen molar-refractivity contribution in [3.63, 3.8) is 0 Å². The van der Waals surface area contributed by atoms with Gasteiger partial charge in [-0.25, -0.2) is 0 Å². The van der Waals surface area contributed by atoms with Gasteiger partial charge < -0.3 is 4.74 Å².